The Labute approximate surface area is 138 Å². The second-order valence-corrected chi connectivity index (χ2v) is 5.89. The monoisotopic (exact) mass is 376 g/mol. The highest BCUT2D eigenvalue weighted by atomic mass is 79.9. The summed E-state index contributed by atoms with van der Waals surface area (Å²) in [5, 5.41) is 6.25. The highest BCUT2D eigenvalue weighted by molar-refractivity contribution is 9.10. The molecular weight excluding hydrogens is 360 g/mol. The summed E-state index contributed by atoms with van der Waals surface area (Å²) >= 11 is 3.48. The van der Waals surface area contributed by atoms with E-state index in [1.165, 1.54) is 0 Å². The third-order valence-electron chi connectivity index (χ3n) is 3.57. The molecule has 5 nitrogen and oxygen atoms in total. The fraction of sp³-hybridized carbons (Fsp3) is 0.500. The molecule has 116 valence electrons. The third-order valence-corrected chi connectivity index (χ3v) is 4.16. The summed E-state index contributed by atoms with van der Waals surface area (Å²) in [5.41, 5.74) is 1.07. The van der Waals surface area contributed by atoms with Crippen molar-refractivity contribution in [2.45, 2.75) is 31.8 Å². The Balaban J connectivity index is 0.00000161. The molecule has 1 saturated heterocycles. The number of ether oxygens (including phenoxy) is 2. The lowest BCUT2D eigenvalue weighted by Crippen LogP contribution is -2.42. The second-order valence-electron chi connectivity index (χ2n) is 5.03. The molecule has 1 fully saturated rings. The van der Waals surface area contributed by atoms with Gasteiger partial charge in [0.15, 0.2) is 11.5 Å². The lowest BCUT2D eigenvalue weighted by Gasteiger charge is -2.15. The van der Waals surface area contributed by atoms with Crippen LogP contribution in [-0.2, 0) is 11.3 Å². The maximum Gasteiger partial charge on any atom is 0.237 e. The van der Waals surface area contributed by atoms with E-state index in [9.17, 15) is 4.79 Å². The Morgan fingerprint density at radius 3 is 3.05 bits per heavy atom. The van der Waals surface area contributed by atoms with E-state index >= 15 is 0 Å². The van der Waals surface area contributed by atoms with E-state index in [2.05, 4.69) is 26.6 Å². The molecular formula is C14H18BrClN2O3. The summed E-state index contributed by atoms with van der Waals surface area (Å²) in [6.07, 6.45) is 3.01. The molecule has 2 aliphatic rings. The van der Waals surface area contributed by atoms with Crippen LogP contribution in [0, 0.1) is 0 Å². The number of amides is 1. The number of hydrogen-bond acceptors (Lipinski definition) is 4. The summed E-state index contributed by atoms with van der Waals surface area (Å²) in [5.74, 6) is 1.60. The van der Waals surface area contributed by atoms with Crippen LogP contribution in [0.4, 0.5) is 0 Å². The molecule has 3 rings (SSSR count). The van der Waals surface area contributed by atoms with Crippen molar-refractivity contribution in [2.24, 2.45) is 0 Å². The number of halogens is 2. The zero-order chi connectivity index (χ0) is 13.9. The summed E-state index contributed by atoms with van der Waals surface area (Å²) < 4.78 is 11.6. The standard InChI is InChI=1S/C14H17BrN2O3.ClH/c15-10-5-9(6-12-13(10)20-8-19-12)7-17-11-3-1-2-4-16-14(11)18;/h5-6,11,17H,1-4,7-8H2,(H,16,18);1H. The Kier molecular flexibility index (Phi) is 5.72. The van der Waals surface area contributed by atoms with Gasteiger partial charge in [-0.05, 0) is 52.9 Å². The van der Waals surface area contributed by atoms with Gasteiger partial charge in [0, 0.05) is 13.1 Å². The molecule has 21 heavy (non-hydrogen) atoms. The van der Waals surface area contributed by atoms with Crippen LogP contribution in [0.2, 0.25) is 0 Å². The Morgan fingerprint density at radius 1 is 1.33 bits per heavy atom. The molecule has 0 saturated carbocycles. The van der Waals surface area contributed by atoms with Crippen molar-refractivity contribution in [1.82, 2.24) is 10.6 Å². The van der Waals surface area contributed by atoms with Crippen LogP contribution < -0.4 is 20.1 Å². The molecule has 7 heteroatoms. The number of benzene rings is 1. The largest absolute Gasteiger partial charge is 0.454 e. The molecule has 0 aliphatic carbocycles. The van der Waals surface area contributed by atoms with E-state index in [-0.39, 0.29) is 31.1 Å². The van der Waals surface area contributed by atoms with Crippen LogP contribution in [-0.4, -0.2) is 25.3 Å². The Hall–Kier alpha value is -0.980. The minimum atomic E-state index is -0.110. The lowest BCUT2D eigenvalue weighted by molar-refractivity contribution is -0.122. The predicted octanol–water partition coefficient (Wildman–Crippen LogP) is 2.36. The molecule has 1 amide bonds. The van der Waals surface area contributed by atoms with E-state index < -0.39 is 0 Å². The average molecular weight is 378 g/mol. The molecule has 0 spiro atoms. The van der Waals surface area contributed by atoms with Crippen molar-refractivity contribution >= 4 is 34.2 Å². The summed E-state index contributed by atoms with van der Waals surface area (Å²) in [6.45, 7) is 1.68. The molecule has 0 aromatic heterocycles. The van der Waals surface area contributed by atoms with Crippen LogP contribution in [0.1, 0.15) is 24.8 Å². The topological polar surface area (TPSA) is 59.6 Å². The summed E-state index contributed by atoms with van der Waals surface area (Å²) in [6, 6.07) is 3.84. The zero-order valence-electron chi connectivity index (χ0n) is 11.5. The second kappa shape index (κ2) is 7.33. The highest BCUT2D eigenvalue weighted by Crippen LogP contribution is 2.39. The number of hydrogen-bond donors (Lipinski definition) is 2. The van der Waals surface area contributed by atoms with Gasteiger partial charge >= 0.3 is 0 Å². The molecule has 2 aliphatic heterocycles. The number of fused-ring (bicyclic) bond motifs is 1. The van der Waals surface area contributed by atoms with Gasteiger partial charge in [0.2, 0.25) is 12.7 Å². The van der Waals surface area contributed by atoms with Gasteiger partial charge in [-0.3, -0.25) is 4.79 Å². The van der Waals surface area contributed by atoms with Crippen molar-refractivity contribution in [2.75, 3.05) is 13.3 Å². The van der Waals surface area contributed by atoms with Crippen LogP contribution in [0.3, 0.4) is 0 Å². The first-order valence-electron chi connectivity index (χ1n) is 6.83. The van der Waals surface area contributed by atoms with Crippen molar-refractivity contribution in [3.05, 3.63) is 22.2 Å². The number of rotatable bonds is 3. The maximum absolute atomic E-state index is 11.9. The van der Waals surface area contributed by atoms with E-state index in [1.54, 1.807) is 0 Å². The SMILES string of the molecule is Cl.O=C1NCCCCC1NCc1cc(Br)c2c(c1)OCO2. The average Bonchev–Trinajstić information content (AvgIpc) is 2.81. The summed E-state index contributed by atoms with van der Waals surface area (Å²) in [7, 11) is 0. The quantitative estimate of drug-likeness (QED) is 0.849. The van der Waals surface area contributed by atoms with Crippen molar-refractivity contribution in [3.8, 4) is 11.5 Å². The van der Waals surface area contributed by atoms with Crippen molar-refractivity contribution in [1.29, 1.82) is 0 Å². The van der Waals surface area contributed by atoms with E-state index in [0.717, 1.165) is 47.3 Å². The van der Waals surface area contributed by atoms with Crippen molar-refractivity contribution < 1.29 is 14.3 Å². The Morgan fingerprint density at radius 2 is 2.19 bits per heavy atom. The first-order valence-corrected chi connectivity index (χ1v) is 7.62. The molecule has 0 radical (unpaired) electrons. The number of carbonyl (C=O) groups is 1. The first kappa shape index (κ1) is 16.4. The van der Waals surface area contributed by atoms with Crippen LogP contribution >= 0.6 is 28.3 Å². The molecule has 0 bridgehead atoms. The van der Waals surface area contributed by atoms with Crippen LogP contribution in [0.5, 0.6) is 11.5 Å². The molecule has 1 aromatic carbocycles. The number of carbonyl (C=O) groups excluding carboxylic acids is 1. The van der Waals surface area contributed by atoms with Gasteiger partial charge in [-0.2, -0.15) is 0 Å². The molecule has 2 heterocycles. The van der Waals surface area contributed by atoms with Crippen molar-refractivity contribution in [3.63, 3.8) is 0 Å². The van der Waals surface area contributed by atoms with Gasteiger partial charge in [-0.1, -0.05) is 0 Å². The predicted molar refractivity (Wildman–Crippen MR) is 85.0 cm³/mol. The molecule has 1 unspecified atom stereocenters. The smallest absolute Gasteiger partial charge is 0.237 e. The van der Waals surface area contributed by atoms with E-state index in [1.807, 2.05) is 12.1 Å². The summed E-state index contributed by atoms with van der Waals surface area (Å²) in [4.78, 5) is 11.9. The van der Waals surface area contributed by atoms with Crippen LogP contribution in [0.25, 0.3) is 0 Å². The molecule has 1 aromatic rings. The van der Waals surface area contributed by atoms with Gasteiger partial charge < -0.3 is 20.1 Å². The zero-order valence-corrected chi connectivity index (χ0v) is 13.9. The third kappa shape index (κ3) is 3.81. The van der Waals surface area contributed by atoms with E-state index in [0.29, 0.717) is 6.54 Å². The van der Waals surface area contributed by atoms with Gasteiger partial charge in [0.25, 0.3) is 0 Å². The van der Waals surface area contributed by atoms with Gasteiger partial charge in [-0.25, -0.2) is 0 Å². The minimum absolute atomic E-state index is 0. The minimum Gasteiger partial charge on any atom is -0.454 e. The fourth-order valence-corrected chi connectivity index (χ4v) is 3.10. The van der Waals surface area contributed by atoms with Gasteiger partial charge in [0.05, 0.1) is 10.5 Å². The van der Waals surface area contributed by atoms with E-state index in [4.69, 9.17) is 9.47 Å². The molecule has 1 atom stereocenters. The highest BCUT2D eigenvalue weighted by Gasteiger charge is 2.21. The molecule has 2 N–H and O–H groups in total. The first-order chi connectivity index (χ1) is 9.74. The fourth-order valence-electron chi connectivity index (χ4n) is 2.50. The van der Waals surface area contributed by atoms with Crippen LogP contribution in [0.15, 0.2) is 16.6 Å². The normalized spacial score (nSPS) is 20.4. The van der Waals surface area contributed by atoms with Gasteiger partial charge in [-0.15, -0.1) is 12.4 Å². The maximum atomic E-state index is 11.9. The number of nitrogens with one attached hydrogen (secondary N) is 2. The van der Waals surface area contributed by atoms with Gasteiger partial charge in [0.1, 0.15) is 0 Å². The Bertz CT molecular complexity index is 527. The lowest BCUT2D eigenvalue weighted by atomic mass is 10.1.